The minimum atomic E-state index is -2.18. The molecular formula is C14H19NO8. The number of benzene rings is 1. The average molecular weight is 329 g/mol. The summed E-state index contributed by atoms with van der Waals surface area (Å²) in [5, 5.41) is 48.2. The second-order valence-corrected chi connectivity index (χ2v) is 4.73. The standard InChI is InChI=1S/C14H19NO8/c1-23-8-4-2-3-7(5-8)13(21)15-14(22)12(20)11(19)10(18)9(17)6-16/h2-5,9-12,16-20H,6H2,1H3,(H,15,21,22)/t9-,10-,11+,12-/m1/s1. The molecule has 2 amide bonds. The molecule has 0 fully saturated rings. The molecule has 1 aromatic carbocycles. The molecule has 0 aliphatic carbocycles. The Labute approximate surface area is 131 Å². The Balaban J connectivity index is 2.72. The summed E-state index contributed by atoms with van der Waals surface area (Å²) in [6.45, 7) is -0.880. The first kappa shape index (κ1) is 19.0. The maximum atomic E-state index is 11.9. The second kappa shape index (κ2) is 8.56. The molecule has 0 saturated heterocycles. The minimum absolute atomic E-state index is 0.0790. The predicted octanol–water partition coefficient (Wildman–Crippen LogP) is -2.61. The topological polar surface area (TPSA) is 157 Å². The highest BCUT2D eigenvalue weighted by Gasteiger charge is 2.34. The molecule has 0 bridgehead atoms. The highest BCUT2D eigenvalue weighted by molar-refractivity contribution is 6.06. The zero-order valence-corrected chi connectivity index (χ0v) is 12.3. The van der Waals surface area contributed by atoms with Gasteiger partial charge in [-0.25, -0.2) is 0 Å². The lowest BCUT2D eigenvalue weighted by Gasteiger charge is -2.24. The van der Waals surface area contributed by atoms with Crippen LogP contribution in [0.3, 0.4) is 0 Å². The highest BCUT2D eigenvalue weighted by Crippen LogP contribution is 2.12. The van der Waals surface area contributed by atoms with Crippen LogP contribution in [0.1, 0.15) is 10.4 Å². The van der Waals surface area contributed by atoms with E-state index in [2.05, 4.69) is 0 Å². The number of amides is 2. The number of ether oxygens (including phenoxy) is 1. The van der Waals surface area contributed by atoms with E-state index in [4.69, 9.17) is 14.9 Å². The molecule has 0 radical (unpaired) electrons. The van der Waals surface area contributed by atoms with E-state index in [9.17, 15) is 24.9 Å². The van der Waals surface area contributed by atoms with Crippen LogP contribution < -0.4 is 10.1 Å². The van der Waals surface area contributed by atoms with Gasteiger partial charge in [-0.3, -0.25) is 14.9 Å². The van der Waals surface area contributed by atoms with Gasteiger partial charge in [0.25, 0.3) is 11.8 Å². The number of methoxy groups -OCH3 is 1. The summed E-state index contributed by atoms with van der Waals surface area (Å²) in [6, 6.07) is 5.86. The number of rotatable bonds is 7. The molecule has 9 nitrogen and oxygen atoms in total. The van der Waals surface area contributed by atoms with Crippen molar-refractivity contribution in [3.8, 4) is 5.75 Å². The maximum Gasteiger partial charge on any atom is 0.258 e. The van der Waals surface area contributed by atoms with Gasteiger partial charge in [-0.05, 0) is 18.2 Å². The largest absolute Gasteiger partial charge is 0.497 e. The van der Waals surface area contributed by atoms with E-state index in [0.29, 0.717) is 5.75 Å². The van der Waals surface area contributed by atoms with E-state index in [1.807, 2.05) is 5.32 Å². The molecule has 0 spiro atoms. The molecule has 6 N–H and O–H groups in total. The molecule has 4 atom stereocenters. The van der Waals surface area contributed by atoms with Gasteiger partial charge >= 0.3 is 0 Å². The lowest BCUT2D eigenvalue weighted by Crippen LogP contribution is -2.52. The fourth-order valence-electron chi connectivity index (χ4n) is 1.70. The van der Waals surface area contributed by atoms with Gasteiger partial charge in [0.1, 0.15) is 24.1 Å². The van der Waals surface area contributed by atoms with Crippen molar-refractivity contribution in [2.24, 2.45) is 0 Å². The number of aliphatic hydroxyl groups excluding tert-OH is 5. The van der Waals surface area contributed by atoms with Crippen LogP contribution in [0, 0.1) is 0 Å². The van der Waals surface area contributed by atoms with Crippen molar-refractivity contribution in [2.75, 3.05) is 13.7 Å². The van der Waals surface area contributed by atoms with Crippen LogP contribution in [0.25, 0.3) is 0 Å². The molecule has 0 saturated carbocycles. The van der Waals surface area contributed by atoms with Crippen LogP contribution in [0.2, 0.25) is 0 Å². The van der Waals surface area contributed by atoms with Gasteiger partial charge in [0.2, 0.25) is 0 Å². The van der Waals surface area contributed by atoms with Crippen LogP contribution in [-0.4, -0.2) is 75.5 Å². The monoisotopic (exact) mass is 329 g/mol. The van der Waals surface area contributed by atoms with Crippen molar-refractivity contribution >= 4 is 11.8 Å². The maximum absolute atomic E-state index is 11.9. The summed E-state index contributed by atoms with van der Waals surface area (Å²) in [5.41, 5.74) is 0.0790. The summed E-state index contributed by atoms with van der Waals surface area (Å²) < 4.78 is 4.93. The van der Waals surface area contributed by atoms with Gasteiger partial charge in [-0.2, -0.15) is 0 Å². The van der Waals surface area contributed by atoms with Crippen molar-refractivity contribution in [3.63, 3.8) is 0 Å². The van der Waals surface area contributed by atoms with Crippen LogP contribution in [-0.2, 0) is 4.79 Å². The zero-order chi connectivity index (χ0) is 17.6. The second-order valence-electron chi connectivity index (χ2n) is 4.73. The lowest BCUT2D eigenvalue weighted by atomic mass is 10.0. The number of hydrogen-bond acceptors (Lipinski definition) is 8. The van der Waals surface area contributed by atoms with E-state index in [1.165, 1.54) is 25.3 Å². The van der Waals surface area contributed by atoms with Crippen LogP contribution >= 0.6 is 0 Å². The third kappa shape index (κ3) is 4.98. The number of nitrogens with one attached hydrogen (secondary N) is 1. The van der Waals surface area contributed by atoms with Crippen molar-refractivity contribution < 1.29 is 39.9 Å². The van der Waals surface area contributed by atoms with E-state index in [1.54, 1.807) is 6.07 Å². The van der Waals surface area contributed by atoms with Crippen LogP contribution in [0.5, 0.6) is 5.75 Å². The molecule has 128 valence electrons. The average Bonchev–Trinajstić information content (AvgIpc) is 2.58. The van der Waals surface area contributed by atoms with E-state index in [-0.39, 0.29) is 5.56 Å². The van der Waals surface area contributed by atoms with Crippen LogP contribution in [0.4, 0.5) is 0 Å². The van der Waals surface area contributed by atoms with Crippen molar-refractivity contribution in [3.05, 3.63) is 29.8 Å². The SMILES string of the molecule is COc1cccc(C(=O)NC(=O)[C@H](O)[C@@H](O)[C@H](O)[C@H](O)CO)c1. The Morgan fingerprint density at radius 2 is 1.83 bits per heavy atom. The Hall–Kier alpha value is -2.04. The molecule has 9 heteroatoms. The lowest BCUT2D eigenvalue weighted by molar-refractivity contribution is -0.148. The van der Waals surface area contributed by atoms with Crippen molar-refractivity contribution in [1.82, 2.24) is 5.32 Å². The Kier molecular flexibility index (Phi) is 7.07. The first-order chi connectivity index (χ1) is 10.8. The summed E-state index contributed by atoms with van der Waals surface area (Å²) in [4.78, 5) is 23.6. The van der Waals surface area contributed by atoms with Gasteiger partial charge in [-0.15, -0.1) is 0 Å². The van der Waals surface area contributed by atoms with E-state index in [0.717, 1.165) is 0 Å². The Morgan fingerprint density at radius 1 is 1.17 bits per heavy atom. The fourth-order valence-corrected chi connectivity index (χ4v) is 1.70. The molecule has 0 unspecified atom stereocenters. The fraction of sp³-hybridized carbons (Fsp3) is 0.429. The smallest absolute Gasteiger partial charge is 0.258 e. The van der Waals surface area contributed by atoms with E-state index < -0.39 is 42.8 Å². The molecular weight excluding hydrogens is 310 g/mol. The molecule has 23 heavy (non-hydrogen) atoms. The third-order valence-corrected chi connectivity index (χ3v) is 3.09. The molecule has 0 aliphatic heterocycles. The van der Waals surface area contributed by atoms with Gasteiger partial charge in [0.15, 0.2) is 6.10 Å². The minimum Gasteiger partial charge on any atom is -0.497 e. The first-order valence-electron chi connectivity index (χ1n) is 6.64. The quantitative estimate of drug-likeness (QED) is 0.318. The number of carbonyl (C=O) groups excluding carboxylic acids is 2. The highest BCUT2D eigenvalue weighted by atomic mass is 16.5. The van der Waals surface area contributed by atoms with Gasteiger partial charge < -0.3 is 30.3 Å². The molecule has 1 rings (SSSR count). The molecule has 0 aromatic heterocycles. The van der Waals surface area contributed by atoms with Crippen LogP contribution in [0.15, 0.2) is 24.3 Å². The Morgan fingerprint density at radius 3 is 2.39 bits per heavy atom. The van der Waals surface area contributed by atoms with Gasteiger partial charge in [0, 0.05) is 5.56 Å². The molecule has 0 aliphatic rings. The molecule has 1 aromatic rings. The Bertz CT molecular complexity index is 549. The van der Waals surface area contributed by atoms with Crippen molar-refractivity contribution in [1.29, 1.82) is 0 Å². The molecule has 0 heterocycles. The number of aliphatic hydroxyl groups is 5. The summed E-state index contributed by atoms with van der Waals surface area (Å²) in [7, 11) is 1.40. The summed E-state index contributed by atoms with van der Waals surface area (Å²) >= 11 is 0. The summed E-state index contributed by atoms with van der Waals surface area (Å²) in [6.07, 6.45) is -7.98. The van der Waals surface area contributed by atoms with Gasteiger partial charge in [0.05, 0.1) is 13.7 Å². The summed E-state index contributed by atoms with van der Waals surface area (Å²) in [5.74, 6) is -1.74. The van der Waals surface area contributed by atoms with E-state index >= 15 is 0 Å². The van der Waals surface area contributed by atoms with Crippen molar-refractivity contribution in [2.45, 2.75) is 24.4 Å². The number of imide groups is 1. The first-order valence-corrected chi connectivity index (χ1v) is 6.64. The number of hydrogen-bond donors (Lipinski definition) is 6. The third-order valence-electron chi connectivity index (χ3n) is 3.09. The van der Waals surface area contributed by atoms with Gasteiger partial charge in [-0.1, -0.05) is 6.07 Å². The number of carbonyl (C=O) groups is 2. The normalized spacial score (nSPS) is 16.1. The zero-order valence-electron chi connectivity index (χ0n) is 12.3. The predicted molar refractivity (Wildman–Crippen MR) is 76.6 cm³/mol.